The Morgan fingerprint density at radius 2 is 0.419 bits per heavy atom. The Labute approximate surface area is 669 Å². The van der Waals surface area contributed by atoms with Crippen LogP contribution < -0.4 is 0 Å². The number of rotatable bonds is 84. The van der Waals surface area contributed by atoms with Gasteiger partial charge in [-0.15, -0.1) is 0 Å². The molecule has 105 heavy (non-hydrogen) atoms. The SMILES string of the molecule is CCCCCCCCCCCCCCCCCCCCCC/C=C/C(=N/c1ccccc1CCC/C=C/CCCCCCCCCCCCCCCCCCCCCCC)C(/CCCCCCCC)=N/c1ccccc1CCC/C=C/CCCCCCCCCCCCCCCCCCCCCCC.[Ni+2]. The van der Waals surface area contributed by atoms with Gasteiger partial charge in [-0.2, -0.15) is 0 Å². The average molecular weight is 1500 g/mol. The Hall–Kier alpha value is -2.51. The first-order valence-corrected chi connectivity index (χ1v) is 48.0. The predicted molar refractivity (Wildman–Crippen MR) is 475 cm³/mol. The van der Waals surface area contributed by atoms with Crippen molar-refractivity contribution < 1.29 is 16.5 Å². The Balaban J connectivity index is 0.0000551. The number of nitrogens with zero attached hydrogens (tertiary/aromatic N) is 2. The number of aryl methyl sites for hydroxylation is 2. The van der Waals surface area contributed by atoms with Gasteiger partial charge < -0.3 is 0 Å². The predicted octanol–water partition coefficient (Wildman–Crippen LogP) is 37.0. The Bertz CT molecular complexity index is 2180. The van der Waals surface area contributed by atoms with Crippen LogP contribution in [0.25, 0.3) is 0 Å². The zero-order chi connectivity index (χ0) is 73.9. The minimum Gasteiger partial charge on any atom is -0.251 e. The summed E-state index contributed by atoms with van der Waals surface area (Å²) in [5.41, 5.74) is 7.30. The van der Waals surface area contributed by atoms with Crippen LogP contribution >= 0.6 is 0 Å². The molecule has 0 heterocycles. The summed E-state index contributed by atoms with van der Waals surface area (Å²) >= 11 is 0. The quantitative estimate of drug-likeness (QED) is 0.0273. The largest absolute Gasteiger partial charge is 2.00 e. The number of unbranched alkanes of at least 4 members (excludes halogenated alkanes) is 69. The van der Waals surface area contributed by atoms with Crippen LogP contribution in [0, 0.1) is 0 Å². The third-order valence-corrected chi connectivity index (χ3v) is 23.0. The fourth-order valence-electron chi connectivity index (χ4n) is 15.8. The normalized spacial score (nSPS) is 12.2. The summed E-state index contributed by atoms with van der Waals surface area (Å²) in [6, 6.07) is 18.2. The van der Waals surface area contributed by atoms with Crippen LogP contribution in [0.5, 0.6) is 0 Å². The molecule has 0 atom stereocenters. The van der Waals surface area contributed by atoms with Crippen molar-refractivity contribution in [1.29, 1.82) is 0 Å². The van der Waals surface area contributed by atoms with Gasteiger partial charge in [0.25, 0.3) is 0 Å². The van der Waals surface area contributed by atoms with E-state index in [9.17, 15) is 0 Å². The molecule has 2 rings (SSSR count). The fraction of sp³-hybridized carbons (Fsp3) is 0.804. The maximum atomic E-state index is 5.71. The number of hydrogen-bond donors (Lipinski definition) is 0. The van der Waals surface area contributed by atoms with E-state index in [1.165, 1.54) is 460 Å². The number of para-hydroxylation sites is 2. The van der Waals surface area contributed by atoms with Crippen LogP contribution in [-0.2, 0) is 29.3 Å². The summed E-state index contributed by atoms with van der Waals surface area (Å²) < 4.78 is 0. The van der Waals surface area contributed by atoms with Crippen LogP contribution in [0.15, 0.2) is 95.0 Å². The van der Waals surface area contributed by atoms with Gasteiger partial charge in [-0.25, -0.2) is 4.99 Å². The van der Waals surface area contributed by atoms with E-state index in [1.54, 1.807) is 0 Å². The molecule has 2 aromatic carbocycles. The van der Waals surface area contributed by atoms with E-state index in [0.717, 1.165) is 74.9 Å². The second-order valence-corrected chi connectivity index (χ2v) is 33.2. The minimum atomic E-state index is 0. The first kappa shape index (κ1) is 101. The van der Waals surface area contributed by atoms with Gasteiger partial charge in [-0.1, -0.05) is 505 Å². The second-order valence-electron chi connectivity index (χ2n) is 33.2. The van der Waals surface area contributed by atoms with Gasteiger partial charge in [0.1, 0.15) is 0 Å². The van der Waals surface area contributed by atoms with Gasteiger partial charge in [0.15, 0.2) is 0 Å². The topological polar surface area (TPSA) is 24.7 Å². The molecule has 0 saturated heterocycles. The van der Waals surface area contributed by atoms with Crippen molar-refractivity contribution in [2.75, 3.05) is 0 Å². The molecule has 0 aliphatic heterocycles. The van der Waals surface area contributed by atoms with E-state index in [4.69, 9.17) is 9.98 Å². The van der Waals surface area contributed by atoms with E-state index in [-0.39, 0.29) is 16.5 Å². The molecule has 0 bridgehead atoms. The Kier molecular flexibility index (Phi) is 81.8. The second kappa shape index (κ2) is 85.5. The van der Waals surface area contributed by atoms with Crippen LogP contribution in [-0.4, -0.2) is 11.4 Å². The standard InChI is InChI=1S/C102H182N2.Ni/c1-5-9-13-17-21-24-27-30-33-36-39-42-45-47-49-51-53-56-59-62-65-68-71-74-77-81-89-97-91-85-87-93-99(97)103-101(95-83-79-20-16-12-8-4)102(96-84-80-76-73-70-67-64-61-58-55-44-41-38-35-32-29-26-23-19-15-11-7-3)104-100-94-88-86-92-98(100)90-82-78-75-72-69-66-63-60-57-54-52-50-48-46-43-40-37-34-31-28-25-22-18-14-10-6-2;/h71-72,74-75,84-88,91-94,96H,5-70,73,76-83,89-90,95H2,1-4H3;/q;+2/b74-71+,75-72+,96-84+,103-101+,104-102-;. The van der Waals surface area contributed by atoms with Crippen LogP contribution in [0.1, 0.15) is 527 Å². The molecular formula is C102H182N2Ni+2. The molecule has 3 heteroatoms. The van der Waals surface area contributed by atoms with Crippen molar-refractivity contribution in [2.45, 2.75) is 529 Å². The maximum Gasteiger partial charge on any atom is 2.00 e. The molecule has 2 aromatic rings. The van der Waals surface area contributed by atoms with Crippen molar-refractivity contribution in [2.24, 2.45) is 9.98 Å². The van der Waals surface area contributed by atoms with E-state index in [0.29, 0.717) is 0 Å². The smallest absolute Gasteiger partial charge is 0.251 e. The number of aliphatic imine (C=N–C) groups is 2. The first-order chi connectivity index (χ1) is 51.7. The molecule has 0 spiro atoms. The van der Waals surface area contributed by atoms with Crippen molar-refractivity contribution in [1.82, 2.24) is 0 Å². The molecule has 0 fully saturated rings. The summed E-state index contributed by atoms with van der Waals surface area (Å²) in [6.45, 7) is 9.28. The van der Waals surface area contributed by atoms with E-state index in [1.807, 2.05) is 0 Å². The van der Waals surface area contributed by atoms with Gasteiger partial charge in [0.2, 0.25) is 0 Å². The number of hydrogen-bond acceptors (Lipinski definition) is 2. The summed E-state index contributed by atoms with van der Waals surface area (Å²) in [7, 11) is 0. The zero-order valence-electron chi connectivity index (χ0n) is 71.4. The third kappa shape index (κ3) is 70.4. The first-order valence-electron chi connectivity index (χ1n) is 48.0. The van der Waals surface area contributed by atoms with Gasteiger partial charge in [0.05, 0.1) is 22.8 Å². The van der Waals surface area contributed by atoms with Crippen LogP contribution in [0.2, 0.25) is 0 Å². The van der Waals surface area contributed by atoms with Crippen molar-refractivity contribution in [3.63, 3.8) is 0 Å². The molecule has 608 valence electrons. The molecule has 0 unspecified atom stereocenters. The molecule has 2 nitrogen and oxygen atoms in total. The molecular weight excluding hydrogens is 1310 g/mol. The zero-order valence-corrected chi connectivity index (χ0v) is 72.4. The summed E-state index contributed by atoms with van der Waals surface area (Å²) in [4.78, 5) is 11.4. The molecule has 0 aromatic heterocycles. The minimum absolute atomic E-state index is 0. The van der Waals surface area contributed by atoms with Crippen LogP contribution in [0.3, 0.4) is 0 Å². The summed E-state index contributed by atoms with van der Waals surface area (Å²) in [5.74, 6) is 0. The van der Waals surface area contributed by atoms with Gasteiger partial charge in [0, 0.05) is 0 Å². The van der Waals surface area contributed by atoms with Gasteiger partial charge >= 0.3 is 16.5 Å². The van der Waals surface area contributed by atoms with Gasteiger partial charge in [-0.05, 0) is 119 Å². The van der Waals surface area contributed by atoms with Crippen LogP contribution in [0.4, 0.5) is 11.4 Å². The van der Waals surface area contributed by atoms with E-state index < -0.39 is 0 Å². The molecule has 0 saturated carbocycles. The fourth-order valence-corrected chi connectivity index (χ4v) is 15.8. The van der Waals surface area contributed by atoms with Crippen molar-refractivity contribution >= 4 is 22.8 Å². The van der Waals surface area contributed by atoms with Crippen molar-refractivity contribution in [3.05, 3.63) is 96.1 Å². The summed E-state index contributed by atoms with van der Waals surface area (Å²) in [5, 5.41) is 0. The molecule has 0 amide bonds. The third-order valence-electron chi connectivity index (χ3n) is 23.0. The summed E-state index contributed by atoms with van der Waals surface area (Å²) in [6.07, 6.45) is 123. The number of benzene rings is 2. The average Bonchev–Trinajstić information content (AvgIpc) is 0.853. The Morgan fingerprint density at radius 3 is 0.676 bits per heavy atom. The Morgan fingerprint density at radius 1 is 0.219 bits per heavy atom. The van der Waals surface area contributed by atoms with E-state index in [2.05, 4.69) is 113 Å². The molecule has 0 radical (unpaired) electrons. The van der Waals surface area contributed by atoms with Crippen molar-refractivity contribution in [3.8, 4) is 0 Å². The molecule has 0 N–H and O–H groups in total. The molecule has 0 aliphatic rings. The monoisotopic (exact) mass is 1490 g/mol. The molecule has 0 aliphatic carbocycles. The number of allylic oxidation sites excluding steroid dienone is 6. The maximum absolute atomic E-state index is 5.71. The van der Waals surface area contributed by atoms with Gasteiger partial charge in [-0.3, -0.25) is 4.99 Å². The van der Waals surface area contributed by atoms with E-state index >= 15 is 0 Å².